The maximum Gasteiger partial charge on any atom is 0.225 e. The van der Waals surface area contributed by atoms with Crippen LogP contribution in [0.2, 0.25) is 0 Å². The van der Waals surface area contributed by atoms with Gasteiger partial charge in [-0.05, 0) is 24.8 Å². The average molecular weight is 381 g/mol. The summed E-state index contributed by atoms with van der Waals surface area (Å²) in [7, 11) is 0. The van der Waals surface area contributed by atoms with Crippen LogP contribution < -0.4 is 5.32 Å². The molecule has 2 fully saturated rings. The van der Waals surface area contributed by atoms with Gasteiger partial charge in [-0.2, -0.15) is 0 Å². The minimum absolute atomic E-state index is 0.0635. The van der Waals surface area contributed by atoms with Crippen LogP contribution in [-0.4, -0.2) is 44.1 Å². The van der Waals surface area contributed by atoms with Crippen molar-refractivity contribution in [2.45, 2.75) is 57.7 Å². The Morgan fingerprint density at radius 2 is 1.96 bits per heavy atom. The summed E-state index contributed by atoms with van der Waals surface area (Å²) in [6, 6.07) is 10.6. The van der Waals surface area contributed by atoms with Gasteiger partial charge >= 0.3 is 0 Å². The van der Waals surface area contributed by atoms with Gasteiger partial charge in [0.2, 0.25) is 11.8 Å². The van der Waals surface area contributed by atoms with E-state index in [1.807, 2.05) is 27.7 Å². The minimum Gasteiger partial charge on any atom is -0.348 e. The van der Waals surface area contributed by atoms with E-state index in [1.54, 1.807) is 6.33 Å². The van der Waals surface area contributed by atoms with Crippen molar-refractivity contribution < 1.29 is 9.59 Å². The number of hydrogen-bond donors (Lipinski definition) is 1. The first-order chi connectivity index (χ1) is 13.7. The molecule has 7 nitrogen and oxygen atoms in total. The van der Waals surface area contributed by atoms with Gasteiger partial charge in [0.05, 0.1) is 12.5 Å². The number of aromatic nitrogens is 3. The van der Waals surface area contributed by atoms with Crippen LogP contribution in [0.1, 0.15) is 43.5 Å². The molecule has 0 bridgehead atoms. The van der Waals surface area contributed by atoms with E-state index in [9.17, 15) is 9.59 Å². The number of benzene rings is 1. The lowest BCUT2D eigenvalue weighted by Crippen LogP contribution is -2.37. The number of aryl methyl sites for hydroxylation is 2. The summed E-state index contributed by atoms with van der Waals surface area (Å²) in [5.74, 6) is 0.541. The van der Waals surface area contributed by atoms with Gasteiger partial charge in [0.15, 0.2) is 5.82 Å². The molecule has 28 heavy (non-hydrogen) atoms. The predicted molar refractivity (Wildman–Crippen MR) is 104 cm³/mol. The number of likely N-dealkylation sites (tertiary alicyclic amines) is 1. The molecule has 1 unspecified atom stereocenters. The van der Waals surface area contributed by atoms with E-state index in [1.165, 1.54) is 18.4 Å². The molecule has 2 heterocycles. The first-order valence-electron chi connectivity index (χ1n) is 10.2. The number of carbonyl (C=O) groups is 2. The summed E-state index contributed by atoms with van der Waals surface area (Å²) in [4.78, 5) is 26.8. The fourth-order valence-electron chi connectivity index (χ4n) is 4.28. The summed E-state index contributed by atoms with van der Waals surface area (Å²) in [6.45, 7) is 1.65. The highest BCUT2D eigenvalue weighted by molar-refractivity contribution is 5.89. The number of nitrogens with one attached hydrogen (secondary N) is 1. The number of amides is 2. The molecule has 1 saturated carbocycles. The molecular weight excluding hydrogens is 354 g/mol. The first kappa shape index (κ1) is 18.7. The fourth-order valence-corrected chi connectivity index (χ4v) is 4.28. The molecule has 1 aromatic carbocycles. The highest BCUT2D eigenvalue weighted by Gasteiger charge is 2.38. The summed E-state index contributed by atoms with van der Waals surface area (Å²) < 4.78 is 1.97. The molecule has 2 aromatic rings. The largest absolute Gasteiger partial charge is 0.348 e. The van der Waals surface area contributed by atoms with Crippen LogP contribution in [0.25, 0.3) is 0 Å². The molecule has 1 saturated heterocycles. The van der Waals surface area contributed by atoms with Gasteiger partial charge in [-0.25, -0.2) is 0 Å². The number of nitrogens with zero attached hydrogens (tertiary/aromatic N) is 4. The molecule has 2 amide bonds. The predicted octanol–water partition coefficient (Wildman–Crippen LogP) is 1.93. The SMILES string of the molecule is O=C(NCc1nncn1CCc1ccccc1)C1CC(=O)N(C2CCCC2)C1. The lowest BCUT2D eigenvalue weighted by molar-refractivity contribution is -0.130. The van der Waals surface area contributed by atoms with Crippen molar-refractivity contribution in [2.75, 3.05) is 6.54 Å². The average Bonchev–Trinajstić information content (AvgIpc) is 3.46. The molecule has 4 rings (SSSR count). The Labute approximate surface area is 165 Å². The second kappa shape index (κ2) is 8.54. The second-order valence-corrected chi connectivity index (χ2v) is 7.78. The molecule has 1 N–H and O–H groups in total. The molecule has 0 radical (unpaired) electrons. The van der Waals surface area contributed by atoms with E-state index in [0.29, 0.717) is 25.6 Å². The van der Waals surface area contributed by atoms with E-state index in [4.69, 9.17) is 0 Å². The van der Waals surface area contributed by atoms with Crippen LogP contribution in [0.15, 0.2) is 36.7 Å². The van der Waals surface area contributed by atoms with Crippen LogP contribution in [0.4, 0.5) is 0 Å². The van der Waals surface area contributed by atoms with Crippen LogP contribution >= 0.6 is 0 Å². The zero-order chi connectivity index (χ0) is 19.3. The number of rotatable bonds is 7. The molecule has 7 heteroatoms. The van der Waals surface area contributed by atoms with Gasteiger partial charge < -0.3 is 14.8 Å². The molecular formula is C21H27N5O2. The van der Waals surface area contributed by atoms with Crippen LogP contribution in [0.3, 0.4) is 0 Å². The summed E-state index contributed by atoms with van der Waals surface area (Å²) >= 11 is 0. The lowest BCUT2D eigenvalue weighted by Gasteiger charge is -2.23. The topological polar surface area (TPSA) is 80.1 Å². The quantitative estimate of drug-likeness (QED) is 0.795. The highest BCUT2D eigenvalue weighted by Crippen LogP contribution is 2.29. The second-order valence-electron chi connectivity index (χ2n) is 7.78. The van der Waals surface area contributed by atoms with Crippen LogP contribution in [0.5, 0.6) is 0 Å². The summed E-state index contributed by atoms with van der Waals surface area (Å²) in [6.07, 6.45) is 7.42. The third kappa shape index (κ3) is 4.24. The third-order valence-corrected chi connectivity index (χ3v) is 5.90. The van der Waals surface area contributed by atoms with Gasteiger partial charge in [0, 0.05) is 25.6 Å². The maximum absolute atomic E-state index is 12.6. The van der Waals surface area contributed by atoms with Gasteiger partial charge in [-0.15, -0.1) is 10.2 Å². The molecule has 2 aliphatic rings. The molecule has 1 aromatic heterocycles. The van der Waals surface area contributed by atoms with Crippen molar-refractivity contribution in [1.82, 2.24) is 25.0 Å². The smallest absolute Gasteiger partial charge is 0.225 e. The van der Waals surface area contributed by atoms with E-state index >= 15 is 0 Å². The van der Waals surface area contributed by atoms with Gasteiger partial charge in [-0.3, -0.25) is 9.59 Å². The minimum atomic E-state index is -0.256. The van der Waals surface area contributed by atoms with Crippen molar-refractivity contribution in [2.24, 2.45) is 5.92 Å². The van der Waals surface area contributed by atoms with Gasteiger partial charge in [0.25, 0.3) is 0 Å². The standard InChI is InChI=1S/C21H27N5O2/c27-20-12-17(14-26(20)18-8-4-5-9-18)21(28)22-13-19-24-23-15-25(19)11-10-16-6-2-1-3-7-16/h1-3,6-7,15,17-18H,4-5,8-14H2,(H,22,28). The molecule has 0 spiro atoms. The Kier molecular flexibility index (Phi) is 5.69. The summed E-state index contributed by atoms with van der Waals surface area (Å²) in [5, 5.41) is 11.1. The Balaban J connectivity index is 1.28. The van der Waals surface area contributed by atoms with E-state index < -0.39 is 0 Å². The monoisotopic (exact) mass is 381 g/mol. The number of carbonyl (C=O) groups excluding carboxylic acids is 2. The normalized spacial score (nSPS) is 20.1. The Hall–Kier alpha value is -2.70. The lowest BCUT2D eigenvalue weighted by atomic mass is 10.1. The molecule has 1 aliphatic carbocycles. The number of hydrogen-bond acceptors (Lipinski definition) is 4. The highest BCUT2D eigenvalue weighted by atomic mass is 16.2. The molecule has 1 atom stereocenters. The first-order valence-corrected chi connectivity index (χ1v) is 10.2. The zero-order valence-corrected chi connectivity index (χ0v) is 16.1. The summed E-state index contributed by atoms with van der Waals surface area (Å²) in [5.41, 5.74) is 1.25. The van der Waals surface area contributed by atoms with Gasteiger partial charge in [0.1, 0.15) is 6.33 Å². The Morgan fingerprint density at radius 1 is 1.18 bits per heavy atom. The van der Waals surface area contributed by atoms with E-state index in [2.05, 4.69) is 27.6 Å². The molecule has 1 aliphatic heterocycles. The van der Waals surface area contributed by atoms with E-state index in [0.717, 1.165) is 31.6 Å². The third-order valence-electron chi connectivity index (χ3n) is 5.90. The van der Waals surface area contributed by atoms with E-state index in [-0.39, 0.29) is 17.7 Å². The van der Waals surface area contributed by atoms with Crippen molar-refractivity contribution in [3.05, 3.63) is 48.0 Å². The van der Waals surface area contributed by atoms with Crippen LogP contribution in [-0.2, 0) is 29.1 Å². The van der Waals surface area contributed by atoms with Gasteiger partial charge in [-0.1, -0.05) is 43.2 Å². The Bertz CT molecular complexity index is 813. The fraction of sp³-hybridized carbons (Fsp3) is 0.524. The van der Waals surface area contributed by atoms with Crippen molar-refractivity contribution in [3.63, 3.8) is 0 Å². The van der Waals surface area contributed by atoms with Crippen LogP contribution in [0, 0.1) is 5.92 Å². The van der Waals surface area contributed by atoms with Crippen molar-refractivity contribution in [1.29, 1.82) is 0 Å². The van der Waals surface area contributed by atoms with Crippen molar-refractivity contribution >= 4 is 11.8 Å². The molecule has 148 valence electrons. The Morgan fingerprint density at radius 3 is 2.75 bits per heavy atom. The maximum atomic E-state index is 12.6. The zero-order valence-electron chi connectivity index (χ0n) is 16.1. The van der Waals surface area contributed by atoms with Crippen molar-refractivity contribution in [3.8, 4) is 0 Å².